The number of anilines is 3. The zero-order chi connectivity index (χ0) is 33.0. The van der Waals surface area contributed by atoms with Gasteiger partial charge in [0.1, 0.15) is 35.0 Å². The molecule has 0 radical (unpaired) electrons. The number of nitrogens with one attached hydrogen (secondary N) is 2. The smallest absolute Gasteiger partial charge is 0.276 e. The Labute approximate surface area is 265 Å². The topological polar surface area (TPSA) is 217 Å². The molecule has 15 heteroatoms. The van der Waals surface area contributed by atoms with Gasteiger partial charge in [0, 0.05) is 44.4 Å². The van der Waals surface area contributed by atoms with Crippen LogP contribution in [0.5, 0.6) is 11.5 Å². The standard InChI is InChI=1S/C31H39N9O6/c1-4-39-23(11-17(2)38-39)30(43)37-31-36-22-13-19(29(34)42)15-25-27(22)40(31)20(16-46-25)7-5-8-35-26-21(32)12-18(28(33)41)14-24(26)45-10-6-9-44-3/h11-15,20,35H,4-10,16,32H2,1-3H3,(H2,33,41)(H2,34,42)(H,36,37,43)/t20-/m1/s1. The predicted molar refractivity (Wildman–Crippen MR) is 172 cm³/mol. The first-order chi connectivity index (χ1) is 22.1. The van der Waals surface area contributed by atoms with Crippen molar-refractivity contribution in [1.82, 2.24) is 19.3 Å². The molecule has 15 nitrogen and oxygen atoms in total. The lowest BCUT2D eigenvalue weighted by molar-refractivity contribution is 0.0991. The Morgan fingerprint density at radius 1 is 1.07 bits per heavy atom. The van der Waals surface area contributed by atoms with Crippen molar-refractivity contribution < 1.29 is 28.6 Å². The molecule has 3 amide bonds. The lowest BCUT2D eigenvalue weighted by atomic mass is 10.1. The third kappa shape index (κ3) is 6.68. The van der Waals surface area contributed by atoms with E-state index in [0.717, 1.165) is 5.69 Å². The van der Waals surface area contributed by atoms with Gasteiger partial charge in [0.2, 0.25) is 17.8 Å². The van der Waals surface area contributed by atoms with Crippen LogP contribution in [-0.4, -0.2) is 70.5 Å². The average molecular weight is 634 g/mol. The molecular weight excluding hydrogens is 594 g/mol. The molecule has 0 spiro atoms. The monoisotopic (exact) mass is 633 g/mol. The fraction of sp³-hybridized carbons (Fsp3) is 0.387. The third-order valence-corrected chi connectivity index (χ3v) is 7.67. The maximum absolute atomic E-state index is 13.4. The molecule has 0 bridgehead atoms. The second-order valence-electron chi connectivity index (χ2n) is 11.0. The highest BCUT2D eigenvalue weighted by atomic mass is 16.5. The largest absolute Gasteiger partial charge is 0.491 e. The van der Waals surface area contributed by atoms with Crippen molar-refractivity contribution in [1.29, 1.82) is 0 Å². The zero-order valence-corrected chi connectivity index (χ0v) is 26.1. The highest BCUT2D eigenvalue weighted by Gasteiger charge is 2.29. The number of primary amides is 2. The number of imidazole rings is 1. The van der Waals surface area contributed by atoms with E-state index in [9.17, 15) is 14.4 Å². The van der Waals surface area contributed by atoms with Gasteiger partial charge in [-0.1, -0.05) is 0 Å². The van der Waals surface area contributed by atoms with Crippen molar-refractivity contribution in [3.05, 3.63) is 52.8 Å². The van der Waals surface area contributed by atoms with Gasteiger partial charge in [0.05, 0.1) is 29.5 Å². The van der Waals surface area contributed by atoms with Crippen molar-refractivity contribution in [3.63, 3.8) is 0 Å². The molecule has 0 unspecified atom stereocenters. The first-order valence-electron chi connectivity index (χ1n) is 15.0. The quantitative estimate of drug-likeness (QED) is 0.0952. The van der Waals surface area contributed by atoms with Crippen molar-refractivity contribution in [3.8, 4) is 11.5 Å². The van der Waals surface area contributed by atoms with Gasteiger partial charge in [0.15, 0.2) is 0 Å². The van der Waals surface area contributed by atoms with Crippen molar-refractivity contribution in [2.75, 3.05) is 49.8 Å². The van der Waals surface area contributed by atoms with Gasteiger partial charge in [-0.3, -0.25) is 24.4 Å². The number of amides is 3. The fourth-order valence-electron chi connectivity index (χ4n) is 5.52. The first kappa shape index (κ1) is 32.1. The number of benzene rings is 2. The second kappa shape index (κ2) is 13.8. The Kier molecular flexibility index (Phi) is 9.61. The highest BCUT2D eigenvalue weighted by molar-refractivity contribution is 6.04. The lowest BCUT2D eigenvalue weighted by Crippen LogP contribution is -2.26. The molecule has 1 aliphatic rings. The van der Waals surface area contributed by atoms with E-state index in [1.807, 2.05) is 18.4 Å². The molecule has 46 heavy (non-hydrogen) atoms. The summed E-state index contributed by atoms with van der Waals surface area (Å²) in [7, 11) is 1.61. The van der Waals surface area contributed by atoms with Crippen LogP contribution in [0.15, 0.2) is 30.3 Å². The number of aryl methyl sites for hydroxylation is 2. The van der Waals surface area contributed by atoms with Gasteiger partial charge in [-0.15, -0.1) is 0 Å². The summed E-state index contributed by atoms with van der Waals surface area (Å²) in [5.41, 5.74) is 21.0. The number of carbonyl (C=O) groups excluding carboxylic acids is 3. The molecule has 244 valence electrons. The molecule has 0 saturated heterocycles. The van der Waals surface area contributed by atoms with E-state index in [2.05, 4.69) is 20.7 Å². The SMILES string of the molecule is CCn1nc(C)cc1C(=O)Nc1nc2cc(C(N)=O)cc3c2n1[C@H](CCCNc1c(N)cc(C(N)=O)cc1OCCCOC)CO3. The van der Waals surface area contributed by atoms with E-state index in [1.54, 1.807) is 36.1 Å². The van der Waals surface area contributed by atoms with Crippen LogP contribution in [0, 0.1) is 6.92 Å². The van der Waals surface area contributed by atoms with E-state index in [4.69, 9.17) is 31.4 Å². The van der Waals surface area contributed by atoms with E-state index < -0.39 is 11.8 Å². The van der Waals surface area contributed by atoms with Gasteiger partial charge < -0.3 is 41.3 Å². The van der Waals surface area contributed by atoms with E-state index in [0.29, 0.717) is 91.1 Å². The number of carbonyl (C=O) groups is 3. The molecule has 0 fully saturated rings. The predicted octanol–water partition coefficient (Wildman–Crippen LogP) is 2.83. The molecule has 2 aromatic heterocycles. The van der Waals surface area contributed by atoms with E-state index >= 15 is 0 Å². The normalized spacial score (nSPS) is 13.8. The second-order valence-corrected chi connectivity index (χ2v) is 11.0. The van der Waals surface area contributed by atoms with Crippen LogP contribution >= 0.6 is 0 Å². The Morgan fingerprint density at radius 2 is 1.83 bits per heavy atom. The van der Waals surface area contributed by atoms with Gasteiger partial charge in [0.25, 0.3) is 5.91 Å². The Balaban J connectivity index is 1.37. The van der Waals surface area contributed by atoms with Crippen LogP contribution < -0.4 is 37.3 Å². The highest BCUT2D eigenvalue weighted by Crippen LogP contribution is 2.39. The van der Waals surface area contributed by atoms with E-state index in [1.165, 1.54) is 6.07 Å². The summed E-state index contributed by atoms with van der Waals surface area (Å²) in [6.07, 6.45) is 1.95. The van der Waals surface area contributed by atoms with Crippen LogP contribution in [0.2, 0.25) is 0 Å². The minimum Gasteiger partial charge on any atom is -0.491 e. The number of nitrogens with zero attached hydrogens (tertiary/aromatic N) is 4. The van der Waals surface area contributed by atoms with Crippen molar-refractivity contribution in [2.45, 2.75) is 45.7 Å². The molecule has 5 rings (SSSR count). The molecule has 1 atom stereocenters. The Morgan fingerprint density at radius 3 is 2.54 bits per heavy atom. The molecule has 4 aromatic rings. The van der Waals surface area contributed by atoms with Gasteiger partial charge >= 0.3 is 0 Å². The van der Waals surface area contributed by atoms with Crippen LogP contribution in [0.4, 0.5) is 17.3 Å². The lowest BCUT2D eigenvalue weighted by Gasteiger charge is -2.27. The summed E-state index contributed by atoms with van der Waals surface area (Å²) in [5.74, 6) is -0.366. The number of aromatic nitrogens is 4. The minimum absolute atomic E-state index is 0.203. The summed E-state index contributed by atoms with van der Waals surface area (Å²) in [6, 6.07) is 7.79. The Hall–Kier alpha value is -5.31. The third-order valence-electron chi connectivity index (χ3n) is 7.67. The van der Waals surface area contributed by atoms with Crippen molar-refractivity contribution >= 4 is 46.1 Å². The number of nitrogen functional groups attached to an aromatic ring is 1. The molecule has 8 N–H and O–H groups in total. The van der Waals surface area contributed by atoms with Gasteiger partial charge in [-0.25, -0.2) is 4.98 Å². The maximum Gasteiger partial charge on any atom is 0.276 e. The molecular formula is C31H39N9O6. The zero-order valence-electron chi connectivity index (χ0n) is 26.1. The Bertz CT molecular complexity index is 1780. The molecule has 0 aliphatic carbocycles. The summed E-state index contributed by atoms with van der Waals surface area (Å²) >= 11 is 0. The fourth-order valence-corrected chi connectivity index (χ4v) is 5.52. The van der Waals surface area contributed by atoms with Crippen molar-refractivity contribution in [2.24, 2.45) is 11.5 Å². The maximum atomic E-state index is 13.4. The number of hydrogen-bond acceptors (Lipinski definition) is 10. The van der Waals surface area contributed by atoms with Crippen LogP contribution in [0.3, 0.4) is 0 Å². The first-order valence-corrected chi connectivity index (χ1v) is 15.0. The molecule has 1 aliphatic heterocycles. The number of ether oxygens (including phenoxy) is 3. The summed E-state index contributed by atoms with van der Waals surface area (Å²) in [6.45, 7) is 5.93. The molecule has 2 aromatic carbocycles. The number of nitrogens with two attached hydrogens (primary N) is 3. The van der Waals surface area contributed by atoms with Gasteiger partial charge in [-0.05, 0) is 57.0 Å². The summed E-state index contributed by atoms with van der Waals surface area (Å²) in [5, 5.41) is 10.7. The number of hydrogen-bond donors (Lipinski definition) is 5. The molecule has 3 heterocycles. The van der Waals surface area contributed by atoms with Crippen LogP contribution in [-0.2, 0) is 11.3 Å². The summed E-state index contributed by atoms with van der Waals surface area (Å²) < 4.78 is 20.7. The minimum atomic E-state index is -0.609. The number of rotatable bonds is 15. The average Bonchev–Trinajstić information content (AvgIpc) is 3.59. The van der Waals surface area contributed by atoms with Gasteiger partial charge in [-0.2, -0.15) is 5.10 Å². The summed E-state index contributed by atoms with van der Waals surface area (Å²) in [4.78, 5) is 41.9. The van der Waals surface area contributed by atoms with Crippen LogP contribution in [0.25, 0.3) is 11.0 Å². The van der Waals surface area contributed by atoms with E-state index in [-0.39, 0.29) is 29.7 Å². The number of methoxy groups -OCH3 is 1. The van der Waals surface area contributed by atoms with Crippen LogP contribution in [0.1, 0.15) is 69.1 Å². The molecule has 0 saturated carbocycles.